The van der Waals surface area contributed by atoms with Crippen LogP contribution in [0.5, 0.6) is 0 Å². The van der Waals surface area contributed by atoms with Gasteiger partial charge in [-0.2, -0.15) is 4.98 Å². The van der Waals surface area contributed by atoms with Crippen LogP contribution in [-0.4, -0.2) is 46.2 Å². The molecule has 0 saturated carbocycles. The van der Waals surface area contributed by atoms with Gasteiger partial charge in [-0.15, -0.1) is 11.3 Å². The molecule has 2 aromatic rings. The molecule has 0 spiro atoms. The van der Waals surface area contributed by atoms with Crippen molar-refractivity contribution in [2.24, 2.45) is 0 Å². The predicted octanol–water partition coefficient (Wildman–Crippen LogP) is 1.64. The van der Waals surface area contributed by atoms with Gasteiger partial charge in [-0.05, 0) is 20.8 Å². The Morgan fingerprint density at radius 1 is 1.35 bits per heavy atom. The molecule has 0 aromatic carbocycles. The molecule has 20 heavy (non-hydrogen) atoms. The highest BCUT2D eigenvalue weighted by atomic mass is 32.1. The highest BCUT2D eigenvalue weighted by molar-refractivity contribution is 7.13. The number of aromatic nitrogens is 3. The van der Waals surface area contributed by atoms with Gasteiger partial charge >= 0.3 is 0 Å². The van der Waals surface area contributed by atoms with Crippen molar-refractivity contribution in [3.63, 3.8) is 0 Å². The van der Waals surface area contributed by atoms with Crippen molar-refractivity contribution in [1.82, 2.24) is 25.3 Å². The van der Waals surface area contributed by atoms with E-state index in [9.17, 15) is 0 Å². The molecule has 0 unspecified atom stereocenters. The van der Waals surface area contributed by atoms with E-state index in [1.54, 1.807) is 5.51 Å². The lowest BCUT2D eigenvalue weighted by Gasteiger charge is -2.38. The van der Waals surface area contributed by atoms with Crippen LogP contribution >= 0.6 is 11.3 Å². The first-order chi connectivity index (χ1) is 9.59. The average molecular weight is 293 g/mol. The Bertz CT molecular complexity index is 585. The van der Waals surface area contributed by atoms with Crippen LogP contribution in [-0.2, 0) is 5.54 Å². The summed E-state index contributed by atoms with van der Waals surface area (Å²) in [5.74, 6) is 1.31. The SMILES string of the molecule is Cc1ncsc1-c1nc(C(C)(C)N2CCNCC2)no1. The van der Waals surface area contributed by atoms with Crippen molar-refractivity contribution in [3.8, 4) is 10.8 Å². The second-order valence-corrected chi connectivity index (χ2v) is 6.34. The number of rotatable bonds is 3. The van der Waals surface area contributed by atoms with E-state index in [1.807, 2.05) is 6.92 Å². The van der Waals surface area contributed by atoms with Crippen molar-refractivity contribution >= 4 is 11.3 Å². The Labute approximate surface area is 122 Å². The van der Waals surface area contributed by atoms with Crippen molar-refractivity contribution < 1.29 is 4.52 Å². The molecule has 7 heteroatoms. The molecule has 3 rings (SSSR count). The van der Waals surface area contributed by atoms with E-state index in [0.717, 1.165) is 42.6 Å². The predicted molar refractivity (Wildman–Crippen MR) is 77.6 cm³/mol. The van der Waals surface area contributed by atoms with Gasteiger partial charge in [0.1, 0.15) is 4.88 Å². The summed E-state index contributed by atoms with van der Waals surface area (Å²) in [7, 11) is 0. The first kappa shape index (κ1) is 13.7. The fourth-order valence-electron chi connectivity index (χ4n) is 2.44. The van der Waals surface area contributed by atoms with Crippen LogP contribution in [0.1, 0.15) is 25.4 Å². The average Bonchev–Trinajstić information content (AvgIpc) is 3.08. The van der Waals surface area contributed by atoms with Crippen LogP contribution in [0.15, 0.2) is 10.0 Å². The summed E-state index contributed by atoms with van der Waals surface area (Å²) in [5, 5.41) is 7.55. The lowest BCUT2D eigenvalue weighted by atomic mass is 10.0. The molecular weight excluding hydrogens is 274 g/mol. The summed E-state index contributed by atoms with van der Waals surface area (Å²) in [6.07, 6.45) is 0. The number of hydrogen-bond donors (Lipinski definition) is 1. The molecule has 0 aliphatic carbocycles. The van der Waals surface area contributed by atoms with Crippen LogP contribution in [0.4, 0.5) is 0 Å². The number of nitrogens with one attached hydrogen (secondary N) is 1. The normalized spacial score (nSPS) is 17.6. The third kappa shape index (κ3) is 2.36. The van der Waals surface area contributed by atoms with E-state index in [4.69, 9.17) is 4.52 Å². The minimum Gasteiger partial charge on any atom is -0.333 e. The van der Waals surface area contributed by atoms with Gasteiger partial charge < -0.3 is 9.84 Å². The van der Waals surface area contributed by atoms with Gasteiger partial charge in [-0.25, -0.2) is 4.98 Å². The number of hydrogen-bond acceptors (Lipinski definition) is 7. The zero-order chi connectivity index (χ0) is 14.2. The molecule has 0 atom stereocenters. The maximum absolute atomic E-state index is 5.43. The van der Waals surface area contributed by atoms with Gasteiger partial charge in [0.2, 0.25) is 0 Å². The monoisotopic (exact) mass is 293 g/mol. The molecule has 108 valence electrons. The smallest absolute Gasteiger partial charge is 0.269 e. The topological polar surface area (TPSA) is 67.1 Å². The van der Waals surface area contributed by atoms with Crippen LogP contribution < -0.4 is 5.32 Å². The second-order valence-electron chi connectivity index (χ2n) is 5.49. The number of nitrogens with zero attached hydrogens (tertiary/aromatic N) is 4. The zero-order valence-electron chi connectivity index (χ0n) is 12.0. The van der Waals surface area contributed by atoms with Gasteiger partial charge in [0.15, 0.2) is 5.82 Å². The molecule has 0 amide bonds. The number of aryl methyl sites for hydroxylation is 1. The third-order valence-electron chi connectivity index (χ3n) is 3.82. The van der Waals surface area contributed by atoms with E-state index in [0.29, 0.717) is 5.89 Å². The summed E-state index contributed by atoms with van der Waals surface area (Å²) < 4.78 is 5.43. The second kappa shape index (κ2) is 5.23. The first-order valence-corrected chi connectivity index (χ1v) is 7.67. The van der Waals surface area contributed by atoms with Crippen LogP contribution in [0.3, 0.4) is 0 Å². The molecular formula is C13H19N5OS. The highest BCUT2D eigenvalue weighted by Gasteiger charge is 2.34. The summed E-state index contributed by atoms with van der Waals surface area (Å²) >= 11 is 1.53. The van der Waals surface area contributed by atoms with Crippen LogP contribution in [0.2, 0.25) is 0 Å². The Hall–Kier alpha value is -1.31. The van der Waals surface area contributed by atoms with Crippen molar-refractivity contribution in [2.75, 3.05) is 26.2 Å². The summed E-state index contributed by atoms with van der Waals surface area (Å²) in [4.78, 5) is 12.2. The van der Waals surface area contributed by atoms with Gasteiger partial charge in [0, 0.05) is 26.2 Å². The Morgan fingerprint density at radius 3 is 2.75 bits per heavy atom. The van der Waals surface area contributed by atoms with E-state index < -0.39 is 0 Å². The van der Waals surface area contributed by atoms with E-state index in [1.165, 1.54) is 11.3 Å². The molecule has 1 saturated heterocycles. The van der Waals surface area contributed by atoms with Crippen LogP contribution in [0, 0.1) is 6.92 Å². The fourth-order valence-corrected chi connectivity index (χ4v) is 3.16. The highest BCUT2D eigenvalue weighted by Crippen LogP contribution is 2.30. The molecule has 1 aliphatic rings. The first-order valence-electron chi connectivity index (χ1n) is 6.79. The van der Waals surface area contributed by atoms with Gasteiger partial charge in [-0.3, -0.25) is 4.90 Å². The molecule has 1 fully saturated rings. The Morgan fingerprint density at radius 2 is 2.10 bits per heavy atom. The van der Waals surface area contributed by atoms with E-state index in [2.05, 4.69) is 39.2 Å². The van der Waals surface area contributed by atoms with E-state index >= 15 is 0 Å². The largest absolute Gasteiger partial charge is 0.333 e. The van der Waals surface area contributed by atoms with Crippen molar-refractivity contribution in [3.05, 3.63) is 17.0 Å². The van der Waals surface area contributed by atoms with Gasteiger partial charge in [-0.1, -0.05) is 5.16 Å². The minimum absolute atomic E-state index is 0.220. The number of thiazole rings is 1. The molecule has 1 aliphatic heterocycles. The minimum atomic E-state index is -0.220. The van der Waals surface area contributed by atoms with Gasteiger partial charge in [0.25, 0.3) is 5.89 Å². The van der Waals surface area contributed by atoms with Crippen molar-refractivity contribution in [1.29, 1.82) is 0 Å². The van der Waals surface area contributed by atoms with Crippen molar-refractivity contribution in [2.45, 2.75) is 26.3 Å². The summed E-state index contributed by atoms with van der Waals surface area (Å²) in [6, 6.07) is 0. The zero-order valence-corrected chi connectivity index (χ0v) is 12.8. The molecule has 2 aromatic heterocycles. The molecule has 1 N–H and O–H groups in total. The van der Waals surface area contributed by atoms with E-state index in [-0.39, 0.29) is 5.54 Å². The molecule has 3 heterocycles. The molecule has 6 nitrogen and oxygen atoms in total. The third-order valence-corrected chi connectivity index (χ3v) is 4.74. The lowest BCUT2D eigenvalue weighted by molar-refractivity contribution is 0.0925. The number of piperazine rings is 1. The Kier molecular flexibility index (Phi) is 3.57. The Balaban J connectivity index is 1.87. The van der Waals surface area contributed by atoms with Crippen LogP contribution in [0.25, 0.3) is 10.8 Å². The summed E-state index contributed by atoms with van der Waals surface area (Å²) in [5.41, 5.74) is 2.52. The molecule has 0 bridgehead atoms. The quantitative estimate of drug-likeness (QED) is 0.928. The maximum atomic E-state index is 5.43. The summed E-state index contributed by atoms with van der Waals surface area (Å²) in [6.45, 7) is 10.2. The molecule has 0 radical (unpaired) electrons. The van der Waals surface area contributed by atoms with Gasteiger partial charge in [0.05, 0.1) is 16.7 Å². The fraction of sp³-hybridized carbons (Fsp3) is 0.615. The standard InChI is InChI=1S/C13H19N5OS/c1-9-10(20-8-15-9)11-16-12(17-19-11)13(2,3)18-6-4-14-5-7-18/h8,14H,4-7H2,1-3H3. The maximum Gasteiger partial charge on any atom is 0.269 e. The lowest BCUT2D eigenvalue weighted by Crippen LogP contribution is -2.52.